The molecule has 5 heterocycles. The number of nitrogens with zero attached hydrogens (tertiary/aromatic N) is 4. The molecule has 4 aliphatic heterocycles. The standard InChI is InChI=1S/C37H44F3N5O5/c38-37(39,40)30-27(31(46)43-36(32(47)48)25-12-23-11-24(14-25)15-26(36)13-23)17-41-33(42-30)45-19-35(5-9-49-10-6-35)28-16-22(1-2-29(28)45)18-44-7-3-34(4-8-44)20-50-21-34/h1-2,16-17,23-26H,3-15,18-21H2,(H,43,46)(H,47,48). The van der Waals surface area contributed by atoms with Gasteiger partial charge in [0.15, 0.2) is 5.69 Å². The van der Waals surface area contributed by atoms with Gasteiger partial charge in [-0.1, -0.05) is 12.1 Å². The van der Waals surface area contributed by atoms with Crippen LogP contribution in [0.1, 0.15) is 85.0 Å². The molecule has 2 aromatic rings. The number of rotatable bonds is 6. The van der Waals surface area contributed by atoms with Crippen molar-refractivity contribution in [2.75, 3.05) is 51.0 Å². The predicted molar refractivity (Wildman–Crippen MR) is 175 cm³/mol. The minimum atomic E-state index is -4.97. The zero-order chi connectivity index (χ0) is 34.5. The van der Waals surface area contributed by atoms with E-state index in [0.717, 1.165) is 82.4 Å². The molecule has 4 bridgehead atoms. The molecule has 1 aromatic heterocycles. The molecule has 8 aliphatic rings. The Kier molecular flexibility index (Phi) is 7.57. The van der Waals surface area contributed by atoms with E-state index < -0.39 is 34.8 Å². The van der Waals surface area contributed by atoms with Crippen LogP contribution >= 0.6 is 0 Å². The number of halogens is 3. The summed E-state index contributed by atoms with van der Waals surface area (Å²) >= 11 is 0. The van der Waals surface area contributed by atoms with Crippen LogP contribution in [-0.4, -0.2) is 83.5 Å². The molecule has 0 unspecified atom stereocenters. The molecule has 0 radical (unpaired) electrons. The highest BCUT2D eigenvalue weighted by atomic mass is 19.4. The number of carboxylic acid groups (broad SMARTS) is 1. The number of amides is 1. The third kappa shape index (κ3) is 5.16. The molecule has 10 rings (SSSR count). The Balaban J connectivity index is 1.01. The lowest BCUT2D eigenvalue weighted by Gasteiger charge is -2.59. The number of aromatic nitrogens is 2. The molecule has 7 fully saturated rings. The SMILES string of the molecule is O=C(NC1(C(=O)O)C2CC3CC(C2)CC1C3)c1cnc(N2CC3(CCOCC3)c3cc(CN4CCC5(CC4)COC5)ccc32)nc1C(F)(F)F. The minimum absolute atomic E-state index is 0.127. The number of piperidine rings is 1. The molecule has 50 heavy (non-hydrogen) atoms. The van der Waals surface area contributed by atoms with Gasteiger partial charge in [-0.2, -0.15) is 13.2 Å². The second-order valence-corrected chi connectivity index (χ2v) is 16.5. The number of carboxylic acids is 1. The molecule has 10 nitrogen and oxygen atoms in total. The molecule has 2 N–H and O–H groups in total. The van der Waals surface area contributed by atoms with E-state index in [1.54, 1.807) is 4.90 Å². The third-order valence-electron chi connectivity index (χ3n) is 13.6. The number of benzene rings is 1. The van der Waals surface area contributed by atoms with Crippen LogP contribution in [0.5, 0.6) is 0 Å². The molecular weight excluding hydrogens is 651 g/mol. The smallest absolute Gasteiger partial charge is 0.434 e. The van der Waals surface area contributed by atoms with Crippen molar-refractivity contribution in [3.05, 3.63) is 46.8 Å². The van der Waals surface area contributed by atoms with Crippen molar-refractivity contribution in [2.24, 2.45) is 29.1 Å². The van der Waals surface area contributed by atoms with Gasteiger partial charge in [0.2, 0.25) is 5.95 Å². The summed E-state index contributed by atoms with van der Waals surface area (Å²) in [4.78, 5) is 39.2. The summed E-state index contributed by atoms with van der Waals surface area (Å²) in [5.74, 6) is -2.17. The van der Waals surface area contributed by atoms with Gasteiger partial charge in [-0.15, -0.1) is 0 Å². The van der Waals surface area contributed by atoms with E-state index in [1.165, 1.54) is 5.56 Å². The van der Waals surface area contributed by atoms with Crippen LogP contribution in [0.3, 0.4) is 0 Å². The average Bonchev–Trinajstić information content (AvgIpc) is 3.37. The van der Waals surface area contributed by atoms with E-state index in [2.05, 4.69) is 26.3 Å². The van der Waals surface area contributed by atoms with Crippen LogP contribution in [0.2, 0.25) is 0 Å². The highest BCUT2D eigenvalue weighted by Crippen LogP contribution is 2.58. The Labute approximate surface area is 289 Å². The highest BCUT2D eigenvalue weighted by Gasteiger charge is 2.62. The number of alkyl halides is 3. The van der Waals surface area contributed by atoms with Gasteiger partial charge in [0.25, 0.3) is 5.91 Å². The maximum atomic E-state index is 14.8. The number of carbonyl (C=O) groups is 2. The molecular formula is C37H44F3N5O5. The molecule has 13 heteroatoms. The molecule has 2 spiro atoms. The minimum Gasteiger partial charge on any atom is -0.479 e. The van der Waals surface area contributed by atoms with Gasteiger partial charge >= 0.3 is 12.1 Å². The molecule has 268 valence electrons. The number of anilines is 2. The van der Waals surface area contributed by atoms with Crippen molar-refractivity contribution < 1.29 is 37.3 Å². The lowest BCUT2D eigenvalue weighted by atomic mass is 9.48. The second-order valence-electron chi connectivity index (χ2n) is 16.5. The summed E-state index contributed by atoms with van der Waals surface area (Å²) in [7, 11) is 0. The van der Waals surface area contributed by atoms with Crippen molar-refractivity contribution in [3.8, 4) is 0 Å². The quantitative estimate of drug-likeness (QED) is 0.415. The van der Waals surface area contributed by atoms with Crippen molar-refractivity contribution in [3.63, 3.8) is 0 Å². The number of hydrogen-bond acceptors (Lipinski definition) is 8. The van der Waals surface area contributed by atoms with Crippen molar-refractivity contribution in [2.45, 2.75) is 81.5 Å². The summed E-state index contributed by atoms with van der Waals surface area (Å²) in [5.41, 5.74) is -0.666. The number of ether oxygens (including phenoxy) is 2. The van der Waals surface area contributed by atoms with Gasteiger partial charge in [-0.25, -0.2) is 14.8 Å². The van der Waals surface area contributed by atoms with E-state index in [9.17, 15) is 27.9 Å². The van der Waals surface area contributed by atoms with E-state index in [-0.39, 0.29) is 23.2 Å². The van der Waals surface area contributed by atoms with Crippen LogP contribution in [0.25, 0.3) is 0 Å². The Hall–Kier alpha value is -3.29. The molecule has 0 atom stereocenters. The fourth-order valence-corrected chi connectivity index (χ4v) is 11.0. The fraction of sp³-hybridized carbons (Fsp3) is 0.676. The summed E-state index contributed by atoms with van der Waals surface area (Å²) in [6.45, 7) is 6.04. The molecule has 1 aromatic carbocycles. The average molecular weight is 696 g/mol. The van der Waals surface area contributed by atoms with Crippen LogP contribution in [0, 0.1) is 29.1 Å². The monoisotopic (exact) mass is 695 g/mol. The lowest BCUT2D eigenvalue weighted by Crippen LogP contribution is -2.70. The summed E-state index contributed by atoms with van der Waals surface area (Å²) in [5, 5.41) is 13.1. The van der Waals surface area contributed by atoms with E-state index in [0.29, 0.717) is 62.7 Å². The van der Waals surface area contributed by atoms with E-state index in [4.69, 9.17) is 9.47 Å². The Morgan fingerprint density at radius 3 is 2.24 bits per heavy atom. The number of likely N-dealkylation sites (tertiary alicyclic amines) is 1. The first kappa shape index (κ1) is 32.6. The normalized spacial score (nSPS) is 32.3. The number of nitrogens with one attached hydrogen (secondary N) is 1. The lowest BCUT2D eigenvalue weighted by molar-refractivity contribution is -0.163. The van der Waals surface area contributed by atoms with Gasteiger partial charge in [0, 0.05) is 49.0 Å². The van der Waals surface area contributed by atoms with Crippen LogP contribution in [0.4, 0.5) is 24.8 Å². The van der Waals surface area contributed by atoms with E-state index in [1.807, 2.05) is 12.1 Å². The largest absolute Gasteiger partial charge is 0.479 e. The zero-order valence-corrected chi connectivity index (χ0v) is 28.1. The maximum Gasteiger partial charge on any atom is 0.434 e. The van der Waals surface area contributed by atoms with Gasteiger partial charge in [0.1, 0.15) is 5.54 Å². The summed E-state index contributed by atoms with van der Waals surface area (Å²) in [6.07, 6.45) is 3.39. The summed E-state index contributed by atoms with van der Waals surface area (Å²) < 4.78 is 55.5. The highest BCUT2D eigenvalue weighted by molar-refractivity contribution is 5.99. The number of fused-ring (bicyclic) bond motifs is 2. The van der Waals surface area contributed by atoms with Crippen molar-refractivity contribution >= 4 is 23.5 Å². The molecule has 3 saturated heterocycles. The maximum absolute atomic E-state index is 14.8. The van der Waals surface area contributed by atoms with E-state index >= 15 is 0 Å². The van der Waals surface area contributed by atoms with Gasteiger partial charge in [-0.05, 0) is 112 Å². The Bertz CT molecular complexity index is 1670. The van der Waals surface area contributed by atoms with Crippen LogP contribution < -0.4 is 10.2 Å². The Morgan fingerprint density at radius 2 is 1.64 bits per heavy atom. The fourth-order valence-electron chi connectivity index (χ4n) is 11.0. The zero-order valence-electron chi connectivity index (χ0n) is 28.1. The van der Waals surface area contributed by atoms with Crippen molar-refractivity contribution in [1.29, 1.82) is 0 Å². The number of carbonyl (C=O) groups excluding carboxylic acids is 1. The predicted octanol–water partition coefficient (Wildman–Crippen LogP) is 5.32. The van der Waals surface area contributed by atoms with Gasteiger partial charge in [0.05, 0.1) is 18.8 Å². The van der Waals surface area contributed by atoms with Crippen LogP contribution in [-0.2, 0) is 32.4 Å². The Morgan fingerprint density at radius 1 is 0.960 bits per heavy atom. The summed E-state index contributed by atoms with van der Waals surface area (Å²) in [6, 6.07) is 6.23. The number of hydrogen-bond donors (Lipinski definition) is 2. The second kappa shape index (κ2) is 11.6. The first-order chi connectivity index (χ1) is 24.0. The van der Waals surface area contributed by atoms with Gasteiger partial charge < -0.3 is 24.8 Å². The first-order valence-corrected chi connectivity index (χ1v) is 18.3. The van der Waals surface area contributed by atoms with Crippen molar-refractivity contribution in [1.82, 2.24) is 20.2 Å². The first-order valence-electron chi connectivity index (χ1n) is 18.3. The number of aliphatic carboxylic acids is 1. The molecule has 4 saturated carbocycles. The van der Waals surface area contributed by atoms with Crippen LogP contribution in [0.15, 0.2) is 24.4 Å². The molecule has 4 aliphatic carbocycles. The topological polar surface area (TPSA) is 117 Å². The van der Waals surface area contributed by atoms with Gasteiger partial charge in [-0.3, -0.25) is 9.69 Å². The molecule has 1 amide bonds. The third-order valence-corrected chi connectivity index (χ3v) is 13.6.